The van der Waals surface area contributed by atoms with Crippen LogP contribution in [0.5, 0.6) is 5.75 Å². The van der Waals surface area contributed by atoms with Crippen molar-refractivity contribution in [2.75, 3.05) is 24.4 Å². The zero-order valence-electron chi connectivity index (χ0n) is 19.1. The van der Waals surface area contributed by atoms with Crippen molar-refractivity contribution in [1.29, 1.82) is 0 Å². The van der Waals surface area contributed by atoms with Crippen LogP contribution in [-0.4, -0.2) is 49.0 Å². The molecule has 0 bridgehead atoms. The Kier molecular flexibility index (Phi) is 7.11. The minimum atomic E-state index is -0.971. The number of amides is 4. The van der Waals surface area contributed by atoms with E-state index in [0.717, 1.165) is 9.78 Å². The van der Waals surface area contributed by atoms with Crippen LogP contribution in [0.25, 0.3) is 0 Å². The molecule has 1 aliphatic rings. The highest BCUT2D eigenvalue weighted by Gasteiger charge is 2.46. The first kappa shape index (κ1) is 24.0. The number of rotatable bonds is 8. The molecule has 0 saturated carbocycles. The Balaban J connectivity index is 1.54. The lowest BCUT2D eigenvalue weighted by Crippen LogP contribution is -2.37. The average molecular weight is 494 g/mol. The van der Waals surface area contributed by atoms with Gasteiger partial charge in [0, 0.05) is 10.6 Å². The molecule has 1 atom stereocenters. The SMILES string of the molecule is COC(=O)c1ccc(NC(=O)CC2C(=O)N(c3ccc(OC)cc3)C(=O)N2Cc2cccs2)cc1. The Bertz CT molecular complexity index is 1230. The molecule has 0 radical (unpaired) electrons. The third kappa shape index (κ3) is 5.17. The first-order chi connectivity index (χ1) is 16.9. The number of nitrogens with zero attached hydrogens (tertiary/aromatic N) is 2. The largest absolute Gasteiger partial charge is 0.497 e. The molecule has 1 saturated heterocycles. The van der Waals surface area contributed by atoms with Crippen molar-refractivity contribution in [3.8, 4) is 5.75 Å². The van der Waals surface area contributed by atoms with Gasteiger partial charge < -0.3 is 19.7 Å². The van der Waals surface area contributed by atoms with Gasteiger partial charge in [-0.2, -0.15) is 0 Å². The number of benzene rings is 2. The summed E-state index contributed by atoms with van der Waals surface area (Å²) in [4.78, 5) is 54.5. The number of esters is 1. The summed E-state index contributed by atoms with van der Waals surface area (Å²) in [7, 11) is 2.82. The van der Waals surface area contributed by atoms with E-state index < -0.39 is 29.9 Å². The normalized spacial score (nSPS) is 15.3. The van der Waals surface area contributed by atoms with Crippen LogP contribution in [-0.2, 0) is 20.9 Å². The number of nitrogens with one attached hydrogen (secondary N) is 1. The fourth-order valence-corrected chi connectivity index (χ4v) is 4.45. The van der Waals surface area contributed by atoms with Gasteiger partial charge in [0.05, 0.1) is 38.4 Å². The third-order valence-corrected chi connectivity index (χ3v) is 6.39. The van der Waals surface area contributed by atoms with Crippen molar-refractivity contribution in [2.45, 2.75) is 19.0 Å². The van der Waals surface area contributed by atoms with E-state index in [1.165, 1.54) is 42.6 Å². The lowest BCUT2D eigenvalue weighted by atomic mass is 10.1. The third-order valence-electron chi connectivity index (χ3n) is 5.52. The second-order valence-corrected chi connectivity index (χ2v) is 8.73. The molecular weight excluding hydrogens is 470 g/mol. The molecule has 35 heavy (non-hydrogen) atoms. The molecule has 2 aromatic carbocycles. The van der Waals surface area contributed by atoms with E-state index in [0.29, 0.717) is 22.7 Å². The van der Waals surface area contributed by atoms with Crippen LogP contribution in [0.15, 0.2) is 66.0 Å². The van der Waals surface area contributed by atoms with E-state index in [-0.39, 0.29) is 13.0 Å². The summed E-state index contributed by atoms with van der Waals surface area (Å²) in [5, 5.41) is 4.61. The van der Waals surface area contributed by atoms with Gasteiger partial charge >= 0.3 is 12.0 Å². The van der Waals surface area contributed by atoms with E-state index in [1.54, 1.807) is 36.4 Å². The van der Waals surface area contributed by atoms with Crippen molar-refractivity contribution >= 4 is 46.5 Å². The van der Waals surface area contributed by atoms with E-state index in [1.807, 2.05) is 17.5 Å². The first-order valence-electron chi connectivity index (χ1n) is 10.7. The summed E-state index contributed by atoms with van der Waals surface area (Å²) in [6, 6.07) is 15.1. The minimum Gasteiger partial charge on any atom is -0.497 e. The average Bonchev–Trinajstić information content (AvgIpc) is 3.46. The standard InChI is InChI=1S/C25H23N3O6S/c1-33-19-11-9-18(10-12-19)28-23(30)21(27(25(28)32)15-20-4-3-13-35-20)14-22(29)26-17-7-5-16(6-8-17)24(31)34-2/h3-13,21H,14-15H2,1-2H3,(H,26,29). The van der Waals surface area contributed by atoms with E-state index >= 15 is 0 Å². The molecule has 4 rings (SSSR count). The fraction of sp³-hybridized carbons (Fsp3) is 0.200. The summed E-state index contributed by atoms with van der Waals surface area (Å²) >= 11 is 1.47. The second-order valence-electron chi connectivity index (χ2n) is 7.70. The van der Waals surface area contributed by atoms with Crippen LogP contribution < -0.4 is 15.0 Å². The summed E-state index contributed by atoms with van der Waals surface area (Å²) in [5.74, 6) is -0.805. The summed E-state index contributed by atoms with van der Waals surface area (Å²) < 4.78 is 9.83. The molecular formula is C25H23N3O6S. The van der Waals surface area contributed by atoms with Gasteiger partial charge in [-0.25, -0.2) is 14.5 Å². The lowest BCUT2D eigenvalue weighted by molar-refractivity contribution is -0.124. The van der Waals surface area contributed by atoms with Gasteiger partial charge in [0.2, 0.25) is 5.91 Å². The van der Waals surface area contributed by atoms with Gasteiger partial charge in [-0.1, -0.05) is 6.07 Å². The predicted molar refractivity (Wildman–Crippen MR) is 131 cm³/mol. The molecule has 1 aromatic heterocycles. The summed E-state index contributed by atoms with van der Waals surface area (Å²) in [5.41, 5.74) is 1.20. The van der Waals surface area contributed by atoms with Crippen molar-refractivity contribution < 1.29 is 28.7 Å². The van der Waals surface area contributed by atoms with Crippen LogP contribution in [0.2, 0.25) is 0 Å². The summed E-state index contributed by atoms with van der Waals surface area (Å²) in [6.07, 6.45) is -0.221. The number of urea groups is 1. The van der Waals surface area contributed by atoms with Crippen molar-refractivity contribution in [1.82, 2.24) is 4.90 Å². The number of thiophene rings is 1. The van der Waals surface area contributed by atoms with Crippen LogP contribution in [0.4, 0.5) is 16.2 Å². The summed E-state index contributed by atoms with van der Waals surface area (Å²) in [6.45, 7) is 0.209. The lowest BCUT2D eigenvalue weighted by Gasteiger charge is -2.21. The van der Waals surface area contributed by atoms with Gasteiger partial charge in [0.25, 0.3) is 5.91 Å². The van der Waals surface area contributed by atoms with Crippen molar-refractivity contribution in [2.24, 2.45) is 0 Å². The monoisotopic (exact) mass is 493 g/mol. The zero-order valence-corrected chi connectivity index (χ0v) is 19.9. The highest BCUT2D eigenvalue weighted by atomic mass is 32.1. The van der Waals surface area contributed by atoms with Crippen molar-refractivity contribution in [3.05, 3.63) is 76.5 Å². The molecule has 0 aliphatic carbocycles. The number of hydrogen-bond donors (Lipinski definition) is 1. The number of methoxy groups -OCH3 is 2. The topological polar surface area (TPSA) is 105 Å². The quantitative estimate of drug-likeness (QED) is 0.377. The van der Waals surface area contributed by atoms with Gasteiger partial charge in [0.15, 0.2) is 0 Å². The van der Waals surface area contributed by atoms with E-state index in [9.17, 15) is 19.2 Å². The maximum Gasteiger partial charge on any atom is 0.337 e. The second kappa shape index (κ2) is 10.4. The van der Waals surface area contributed by atoms with Gasteiger partial charge in [-0.15, -0.1) is 11.3 Å². The smallest absolute Gasteiger partial charge is 0.337 e. The fourth-order valence-electron chi connectivity index (χ4n) is 3.75. The van der Waals surface area contributed by atoms with Crippen LogP contribution in [0.3, 0.4) is 0 Å². The number of ether oxygens (including phenoxy) is 2. The molecule has 10 heteroatoms. The maximum absolute atomic E-state index is 13.4. The minimum absolute atomic E-state index is 0.209. The molecule has 1 fully saturated rings. The van der Waals surface area contributed by atoms with Crippen molar-refractivity contribution in [3.63, 3.8) is 0 Å². The first-order valence-corrected chi connectivity index (χ1v) is 11.6. The molecule has 9 nitrogen and oxygen atoms in total. The highest BCUT2D eigenvalue weighted by molar-refractivity contribution is 7.09. The van der Waals surface area contributed by atoms with E-state index in [4.69, 9.17) is 4.74 Å². The molecule has 4 amide bonds. The van der Waals surface area contributed by atoms with Gasteiger partial charge in [0.1, 0.15) is 11.8 Å². The molecule has 2 heterocycles. The maximum atomic E-state index is 13.4. The number of carbonyl (C=O) groups excluding carboxylic acids is 4. The molecule has 1 N–H and O–H groups in total. The molecule has 0 spiro atoms. The zero-order chi connectivity index (χ0) is 24.9. The predicted octanol–water partition coefficient (Wildman–Crippen LogP) is 3.91. The number of carbonyl (C=O) groups is 4. The van der Waals surface area contributed by atoms with Crippen LogP contribution in [0.1, 0.15) is 21.7 Å². The highest BCUT2D eigenvalue weighted by Crippen LogP contribution is 2.30. The Labute approximate surface area is 205 Å². The Morgan fingerprint density at radius 3 is 2.31 bits per heavy atom. The molecule has 180 valence electrons. The Morgan fingerprint density at radius 2 is 1.71 bits per heavy atom. The Morgan fingerprint density at radius 1 is 1.00 bits per heavy atom. The van der Waals surface area contributed by atoms with Crippen LogP contribution >= 0.6 is 11.3 Å². The molecule has 3 aromatic rings. The number of anilines is 2. The Hall–Kier alpha value is -4.18. The molecule has 1 aliphatic heterocycles. The molecule has 1 unspecified atom stereocenters. The number of hydrogen-bond acceptors (Lipinski definition) is 7. The van der Waals surface area contributed by atoms with Gasteiger partial charge in [-0.3, -0.25) is 9.59 Å². The van der Waals surface area contributed by atoms with Crippen LogP contribution in [0, 0.1) is 0 Å². The van der Waals surface area contributed by atoms with Gasteiger partial charge in [-0.05, 0) is 60.0 Å². The van der Waals surface area contributed by atoms with E-state index in [2.05, 4.69) is 10.1 Å². The number of imide groups is 1.